The normalized spacial score (nSPS) is 20.1. The fraction of sp³-hybridized carbons (Fsp3) is 1.00. The quantitative estimate of drug-likeness (QED) is 0.706. The molecule has 0 unspecified atom stereocenters. The van der Waals surface area contributed by atoms with Crippen LogP contribution in [0, 0.1) is 5.41 Å². The monoisotopic (exact) mass is 227 g/mol. The standard InChI is InChI=1S/C9H16F3NS/c1-2-13(6-9(10,11)12)5-8(7-14)3-4-8/h14H,2-7H2,1H3. The minimum Gasteiger partial charge on any atom is -0.295 e. The maximum atomic E-state index is 12.1. The number of rotatable bonds is 5. The molecule has 0 N–H and O–H groups in total. The first kappa shape index (κ1) is 12.2. The predicted octanol–water partition coefficient (Wildman–Crippen LogP) is 2.58. The second-order valence-corrected chi connectivity index (χ2v) is 4.39. The molecule has 1 fully saturated rings. The van der Waals surface area contributed by atoms with Crippen LogP contribution < -0.4 is 0 Å². The minimum absolute atomic E-state index is 0.0738. The largest absolute Gasteiger partial charge is 0.401 e. The van der Waals surface area contributed by atoms with Gasteiger partial charge >= 0.3 is 6.18 Å². The third kappa shape index (κ3) is 3.69. The smallest absolute Gasteiger partial charge is 0.295 e. The molecule has 5 heteroatoms. The van der Waals surface area contributed by atoms with Crippen LogP contribution >= 0.6 is 12.6 Å². The minimum atomic E-state index is -4.08. The average molecular weight is 227 g/mol. The van der Waals surface area contributed by atoms with Gasteiger partial charge in [-0.15, -0.1) is 0 Å². The highest BCUT2D eigenvalue weighted by Crippen LogP contribution is 2.47. The van der Waals surface area contributed by atoms with Crippen LogP contribution in [0.2, 0.25) is 0 Å². The van der Waals surface area contributed by atoms with Gasteiger partial charge in [-0.1, -0.05) is 6.92 Å². The molecule has 0 amide bonds. The Morgan fingerprint density at radius 2 is 1.93 bits per heavy atom. The number of hydrogen-bond donors (Lipinski definition) is 1. The molecular weight excluding hydrogens is 211 g/mol. The van der Waals surface area contributed by atoms with Gasteiger partial charge in [0.25, 0.3) is 0 Å². The summed E-state index contributed by atoms with van der Waals surface area (Å²) in [5.41, 5.74) is 0.0738. The van der Waals surface area contributed by atoms with Crippen LogP contribution in [0.25, 0.3) is 0 Å². The lowest BCUT2D eigenvalue weighted by atomic mass is 10.1. The second-order valence-electron chi connectivity index (χ2n) is 4.08. The number of hydrogen-bond acceptors (Lipinski definition) is 2. The molecule has 0 aliphatic heterocycles. The molecule has 0 spiro atoms. The lowest BCUT2D eigenvalue weighted by Gasteiger charge is -2.26. The van der Waals surface area contributed by atoms with E-state index in [1.165, 1.54) is 4.90 Å². The van der Waals surface area contributed by atoms with Crippen LogP contribution in [0.5, 0.6) is 0 Å². The number of nitrogens with zero attached hydrogens (tertiary/aromatic N) is 1. The van der Waals surface area contributed by atoms with Gasteiger partial charge in [-0.2, -0.15) is 25.8 Å². The molecule has 0 radical (unpaired) electrons. The molecule has 14 heavy (non-hydrogen) atoms. The van der Waals surface area contributed by atoms with Gasteiger partial charge in [-0.05, 0) is 30.6 Å². The molecule has 1 saturated carbocycles. The molecule has 0 aromatic heterocycles. The van der Waals surface area contributed by atoms with Crippen molar-refractivity contribution in [2.45, 2.75) is 25.9 Å². The second kappa shape index (κ2) is 4.31. The van der Waals surface area contributed by atoms with Crippen molar-refractivity contribution in [3.8, 4) is 0 Å². The maximum absolute atomic E-state index is 12.1. The number of thiol groups is 1. The van der Waals surface area contributed by atoms with Crippen molar-refractivity contribution in [1.29, 1.82) is 0 Å². The summed E-state index contributed by atoms with van der Waals surface area (Å²) in [4.78, 5) is 1.46. The SMILES string of the molecule is CCN(CC(F)(F)F)CC1(CS)CC1. The van der Waals surface area contributed by atoms with Crippen LogP contribution in [0.1, 0.15) is 19.8 Å². The van der Waals surface area contributed by atoms with E-state index in [1.807, 2.05) is 0 Å². The fourth-order valence-corrected chi connectivity index (χ4v) is 1.97. The Morgan fingerprint density at radius 1 is 1.36 bits per heavy atom. The highest BCUT2D eigenvalue weighted by Gasteiger charge is 2.43. The third-order valence-corrected chi connectivity index (χ3v) is 3.37. The maximum Gasteiger partial charge on any atom is 0.401 e. The van der Waals surface area contributed by atoms with Crippen LogP contribution in [-0.4, -0.2) is 36.5 Å². The molecular formula is C9H16F3NS. The van der Waals surface area contributed by atoms with Gasteiger partial charge in [-0.25, -0.2) is 0 Å². The van der Waals surface area contributed by atoms with Gasteiger partial charge < -0.3 is 0 Å². The zero-order valence-electron chi connectivity index (χ0n) is 8.27. The first-order valence-electron chi connectivity index (χ1n) is 4.81. The van der Waals surface area contributed by atoms with Gasteiger partial charge in [0, 0.05) is 6.54 Å². The first-order chi connectivity index (χ1) is 6.41. The summed E-state index contributed by atoms with van der Waals surface area (Å²) in [5, 5.41) is 0. The summed E-state index contributed by atoms with van der Waals surface area (Å²) in [5.74, 6) is 0.696. The summed E-state index contributed by atoms with van der Waals surface area (Å²) in [7, 11) is 0. The van der Waals surface area contributed by atoms with Crippen LogP contribution in [0.3, 0.4) is 0 Å². The van der Waals surface area contributed by atoms with Crippen molar-refractivity contribution in [2.75, 3.05) is 25.4 Å². The van der Waals surface area contributed by atoms with E-state index in [9.17, 15) is 13.2 Å². The molecule has 0 bridgehead atoms. The molecule has 1 aliphatic rings. The number of halogens is 3. The molecule has 0 heterocycles. The molecule has 0 aromatic rings. The van der Waals surface area contributed by atoms with Gasteiger partial charge in [0.1, 0.15) is 0 Å². The van der Waals surface area contributed by atoms with E-state index in [4.69, 9.17) is 0 Å². The average Bonchev–Trinajstić information content (AvgIpc) is 2.82. The number of alkyl halides is 3. The highest BCUT2D eigenvalue weighted by molar-refractivity contribution is 7.80. The van der Waals surface area contributed by atoms with Crippen molar-refractivity contribution in [2.24, 2.45) is 5.41 Å². The summed E-state index contributed by atoms with van der Waals surface area (Å²) in [6.07, 6.45) is -2.04. The van der Waals surface area contributed by atoms with Gasteiger partial charge in [0.05, 0.1) is 6.54 Å². The molecule has 1 rings (SSSR count). The lowest BCUT2D eigenvalue weighted by molar-refractivity contribution is -0.146. The van der Waals surface area contributed by atoms with Crippen LogP contribution in [0.4, 0.5) is 13.2 Å². The lowest BCUT2D eigenvalue weighted by Crippen LogP contribution is -2.38. The van der Waals surface area contributed by atoms with E-state index in [1.54, 1.807) is 6.92 Å². The zero-order valence-corrected chi connectivity index (χ0v) is 9.17. The molecule has 0 atom stereocenters. The Bertz CT molecular complexity index is 189. The Morgan fingerprint density at radius 3 is 2.21 bits per heavy atom. The van der Waals surface area contributed by atoms with Gasteiger partial charge in [0.15, 0.2) is 0 Å². The highest BCUT2D eigenvalue weighted by atomic mass is 32.1. The van der Waals surface area contributed by atoms with Crippen molar-refractivity contribution < 1.29 is 13.2 Å². The molecule has 0 aromatic carbocycles. The van der Waals surface area contributed by atoms with E-state index in [0.717, 1.165) is 12.8 Å². The van der Waals surface area contributed by atoms with Crippen LogP contribution in [0.15, 0.2) is 0 Å². The Kier molecular flexibility index (Phi) is 3.75. The van der Waals surface area contributed by atoms with E-state index < -0.39 is 12.7 Å². The predicted molar refractivity (Wildman–Crippen MR) is 53.7 cm³/mol. The summed E-state index contributed by atoms with van der Waals surface area (Å²) >= 11 is 4.18. The van der Waals surface area contributed by atoms with Crippen molar-refractivity contribution in [3.05, 3.63) is 0 Å². The van der Waals surface area contributed by atoms with E-state index >= 15 is 0 Å². The Labute approximate surface area is 88.1 Å². The molecule has 84 valence electrons. The van der Waals surface area contributed by atoms with Gasteiger partial charge in [0.2, 0.25) is 0 Å². The van der Waals surface area contributed by atoms with E-state index in [2.05, 4.69) is 12.6 Å². The third-order valence-electron chi connectivity index (χ3n) is 2.70. The zero-order chi connectivity index (χ0) is 10.8. The molecule has 1 aliphatic carbocycles. The first-order valence-corrected chi connectivity index (χ1v) is 5.44. The Hall–Kier alpha value is 0.100. The summed E-state index contributed by atoms with van der Waals surface area (Å²) in [6.45, 7) is 1.96. The topological polar surface area (TPSA) is 3.24 Å². The fourth-order valence-electron chi connectivity index (χ4n) is 1.55. The van der Waals surface area contributed by atoms with E-state index in [-0.39, 0.29) is 5.41 Å². The van der Waals surface area contributed by atoms with E-state index in [0.29, 0.717) is 18.8 Å². The molecule has 1 nitrogen and oxygen atoms in total. The van der Waals surface area contributed by atoms with Crippen molar-refractivity contribution in [3.63, 3.8) is 0 Å². The summed E-state index contributed by atoms with van der Waals surface area (Å²) < 4.78 is 36.4. The van der Waals surface area contributed by atoms with Crippen molar-refractivity contribution in [1.82, 2.24) is 4.90 Å². The Balaban J connectivity index is 2.39. The summed E-state index contributed by atoms with van der Waals surface area (Å²) in [6, 6.07) is 0. The van der Waals surface area contributed by atoms with Crippen LogP contribution in [-0.2, 0) is 0 Å². The molecule has 0 saturated heterocycles. The van der Waals surface area contributed by atoms with Gasteiger partial charge in [-0.3, -0.25) is 4.90 Å². The van der Waals surface area contributed by atoms with Crippen molar-refractivity contribution >= 4 is 12.6 Å².